The second-order valence-corrected chi connectivity index (χ2v) is 9.30. The van der Waals surface area contributed by atoms with Crippen molar-refractivity contribution in [1.29, 1.82) is 0 Å². The topological polar surface area (TPSA) is 84.9 Å². The van der Waals surface area contributed by atoms with E-state index in [4.69, 9.17) is 21.1 Å². The minimum atomic E-state index is -3.74. The zero-order valence-corrected chi connectivity index (χ0v) is 18.6. The zero-order chi connectivity index (χ0) is 21.7. The highest BCUT2D eigenvalue weighted by Gasteiger charge is 2.28. The summed E-state index contributed by atoms with van der Waals surface area (Å²) in [6.07, 6.45) is 2.66. The Morgan fingerprint density at radius 1 is 1.03 bits per heavy atom. The van der Waals surface area contributed by atoms with Crippen LogP contribution in [0.5, 0.6) is 11.5 Å². The lowest BCUT2D eigenvalue weighted by molar-refractivity contribution is 0.0950. The highest BCUT2D eigenvalue weighted by Crippen LogP contribution is 2.29. The quantitative estimate of drug-likeness (QED) is 0.695. The van der Waals surface area contributed by atoms with E-state index >= 15 is 0 Å². The highest BCUT2D eigenvalue weighted by molar-refractivity contribution is 7.89. The minimum Gasteiger partial charge on any atom is -0.493 e. The number of nitrogens with zero attached hydrogens (tertiary/aromatic N) is 1. The van der Waals surface area contributed by atoms with Crippen LogP contribution in [0.2, 0.25) is 5.02 Å². The monoisotopic (exact) mass is 452 g/mol. The van der Waals surface area contributed by atoms with Gasteiger partial charge in [-0.15, -0.1) is 0 Å². The molecule has 0 radical (unpaired) electrons. The van der Waals surface area contributed by atoms with Gasteiger partial charge < -0.3 is 14.8 Å². The lowest BCUT2D eigenvalue weighted by atomic mass is 10.1. The van der Waals surface area contributed by atoms with Gasteiger partial charge in [-0.2, -0.15) is 4.31 Å². The number of amides is 1. The van der Waals surface area contributed by atoms with Gasteiger partial charge >= 0.3 is 0 Å². The fourth-order valence-electron chi connectivity index (χ4n) is 3.36. The molecule has 1 fully saturated rings. The van der Waals surface area contributed by atoms with Gasteiger partial charge in [0.05, 0.1) is 19.2 Å². The molecule has 2 aromatic carbocycles. The Bertz CT molecular complexity index is 1020. The Hall–Kier alpha value is -2.29. The number of hydrogen-bond donors (Lipinski definition) is 1. The van der Waals surface area contributed by atoms with Gasteiger partial charge in [0.25, 0.3) is 5.91 Å². The summed E-state index contributed by atoms with van der Waals surface area (Å²) < 4.78 is 37.9. The van der Waals surface area contributed by atoms with E-state index in [1.54, 1.807) is 19.2 Å². The van der Waals surface area contributed by atoms with Crippen LogP contribution in [-0.4, -0.2) is 45.9 Å². The van der Waals surface area contributed by atoms with Crippen molar-refractivity contribution < 1.29 is 22.7 Å². The largest absolute Gasteiger partial charge is 0.493 e. The predicted molar refractivity (Wildman–Crippen MR) is 115 cm³/mol. The molecule has 1 heterocycles. The number of carbonyl (C=O) groups is 1. The third kappa shape index (κ3) is 4.88. The second kappa shape index (κ2) is 9.68. The van der Waals surface area contributed by atoms with Crippen LogP contribution in [0, 0.1) is 0 Å². The summed E-state index contributed by atoms with van der Waals surface area (Å²) in [6, 6.07) is 9.65. The first-order chi connectivity index (χ1) is 14.4. The highest BCUT2D eigenvalue weighted by atomic mass is 35.5. The Morgan fingerprint density at radius 2 is 1.73 bits per heavy atom. The van der Waals surface area contributed by atoms with Crippen LogP contribution < -0.4 is 14.8 Å². The molecule has 162 valence electrons. The lowest BCUT2D eigenvalue weighted by Gasteiger charge is -2.26. The van der Waals surface area contributed by atoms with Crippen LogP contribution in [0.25, 0.3) is 0 Å². The van der Waals surface area contributed by atoms with Crippen LogP contribution in [0.15, 0.2) is 41.3 Å². The van der Waals surface area contributed by atoms with Gasteiger partial charge in [0, 0.05) is 25.2 Å². The number of carbonyl (C=O) groups excluding carboxylic acids is 1. The van der Waals surface area contributed by atoms with Crippen molar-refractivity contribution in [2.45, 2.75) is 30.7 Å². The number of benzene rings is 2. The Kier molecular flexibility index (Phi) is 7.23. The summed E-state index contributed by atoms with van der Waals surface area (Å²) in [7, 11) is -0.651. The van der Waals surface area contributed by atoms with Crippen molar-refractivity contribution in [3.8, 4) is 11.5 Å². The van der Waals surface area contributed by atoms with Crippen molar-refractivity contribution in [3.05, 3.63) is 52.5 Å². The summed E-state index contributed by atoms with van der Waals surface area (Å²) >= 11 is 6.18. The molecule has 0 saturated carbocycles. The number of sulfonamides is 1. The summed E-state index contributed by atoms with van der Waals surface area (Å²) in [4.78, 5) is 12.6. The predicted octanol–water partition coefficient (Wildman–Crippen LogP) is 3.46. The van der Waals surface area contributed by atoms with Crippen LogP contribution in [0.1, 0.15) is 35.2 Å². The molecule has 9 heteroatoms. The van der Waals surface area contributed by atoms with Gasteiger partial charge in [0.2, 0.25) is 10.0 Å². The second-order valence-electron chi connectivity index (χ2n) is 6.98. The van der Waals surface area contributed by atoms with Gasteiger partial charge in [0.1, 0.15) is 4.90 Å². The average molecular weight is 453 g/mol. The molecule has 1 amide bonds. The fourth-order valence-corrected chi connectivity index (χ4v) is 5.38. The maximum absolute atomic E-state index is 13.0. The van der Waals surface area contributed by atoms with Crippen molar-refractivity contribution in [2.75, 3.05) is 27.3 Å². The molecular weight excluding hydrogens is 428 g/mol. The third-order valence-corrected chi connectivity index (χ3v) is 7.41. The van der Waals surface area contributed by atoms with Gasteiger partial charge in [-0.25, -0.2) is 8.42 Å². The van der Waals surface area contributed by atoms with E-state index in [-0.39, 0.29) is 22.0 Å². The molecule has 3 rings (SSSR count). The Morgan fingerprint density at radius 3 is 2.40 bits per heavy atom. The van der Waals surface area contributed by atoms with Crippen molar-refractivity contribution in [1.82, 2.24) is 9.62 Å². The molecule has 7 nitrogen and oxygen atoms in total. The molecular formula is C21H25ClN2O5S. The number of methoxy groups -OCH3 is 2. The average Bonchev–Trinajstić information content (AvgIpc) is 2.77. The third-order valence-electron chi connectivity index (χ3n) is 5.03. The maximum Gasteiger partial charge on any atom is 0.251 e. The van der Waals surface area contributed by atoms with Crippen molar-refractivity contribution in [2.24, 2.45) is 0 Å². The van der Waals surface area contributed by atoms with E-state index in [2.05, 4.69) is 5.32 Å². The van der Waals surface area contributed by atoms with Crippen LogP contribution in [-0.2, 0) is 16.6 Å². The van der Waals surface area contributed by atoms with Gasteiger partial charge in [0.15, 0.2) is 11.5 Å². The molecule has 1 aliphatic heterocycles. The molecule has 1 N–H and O–H groups in total. The normalized spacial score (nSPS) is 14.9. The first-order valence-corrected chi connectivity index (χ1v) is 11.5. The van der Waals surface area contributed by atoms with Crippen molar-refractivity contribution in [3.63, 3.8) is 0 Å². The molecule has 1 saturated heterocycles. The van der Waals surface area contributed by atoms with Crippen LogP contribution >= 0.6 is 11.6 Å². The number of hydrogen-bond acceptors (Lipinski definition) is 5. The fraction of sp³-hybridized carbons (Fsp3) is 0.381. The summed E-state index contributed by atoms with van der Waals surface area (Å²) in [5.74, 6) is 0.764. The number of rotatable bonds is 7. The Balaban J connectivity index is 1.76. The summed E-state index contributed by atoms with van der Waals surface area (Å²) in [5, 5.41) is 2.90. The zero-order valence-electron chi connectivity index (χ0n) is 17.0. The van der Waals surface area contributed by atoms with Gasteiger partial charge in [-0.3, -0.25) is 4.79 Å². The molecule has 0 atom stereocenters. The lowest BCUT2D eigenvalue weighted by Crippen LogP contribution is -2.36. The maximum atomic E-state index is 13.0. The Labute approximate surface area is 182 Å². The molecule has 0 aromatic heterocycles. The first kappa shape index (κ1) is 22.4. The van der Waals surface area contributed by atoms with E-state index in [1.807, 2.05) is 6.07 Å². The standard InChI is InChI=1S/C21H25ClN2O5S/c1-28-18-9-6-15(12-19(18)29-2)14-23-21(25)16-7-8-17(22)20(13-16)30(26,27)24-10-4-3-5-11-24/h6-9,12-13H,3-5,10-11,14H2,1-2H3,(H,23,25). The SMILES string of the molecule is COc1ccc(CNC(=O)c2ccc(Cl)c(S(=O)(=O)N3CCCCC3)c2)cc1OC. The first-order valence-electron chi connectivity index (χ1n) is 9.65. The minimum absolute atomic E-state index is 0.0372. The van der Waals surface area contributed by atoms with Crippen LogP contribution in [0.3, 0.4) is 0 Å². The molecule has 2 aromatic rings. The van der Waals surface area contributed by atoms with Crippen molar-refractivity contribution >= 4 is 27.5 Å². The molecule has 30 heavy (non-hydrogen) atoms. The van der Waals surface area contributed by atoms with Gasteiger partial charge in [-0.05, 0) is 48.7 Å². The number of piperidine rings is 1. The number of ether oxygens (including phenoxy) is 2. The van der Waals surface area contributed by atoms with E-state index in [1.165, 1.54) is 29.6 Å². The summed E-state index contributed by atoms with van der Waals surface area (Å²) in [5.41, 5.74) is 1.05. The smallest absolute Gasteiger partial charge is 0.251 e. The molecule has 1 aliphatic rings. The van der Waals surface area contributed by atoms with E-state index in [0.717, 1.165) is 24.8 Å². The summed E-state index contributed by atoms with van der Waals surface area (Å²) in [6.45, 7) is 1.18. The number of halogens is 1. The van der Waals surface area contributed by atoms with E-state index in [9.17, 15) is 13.2 Å². The molecule has 0 bridgehead atoms. The molecule has 0 aliphatic carbocycles. The molecule has 0 unspecified atom stereocenters. The van der Waals surface area contributed by atoms with Gasteiger partial charge in [-0.1, -0.05) is 24.1 Å². The number of nitrogens with one attached hydrogen (secondary N) is 1. The van der Waals surface area contributed by atoms with E-state index < -0.39 is 15.9 Å². The van der Waals surface area contributed by atoms with E-state index in [0.29, 0.717) is 24.6 Å². The molecule has 0 spiro atoms. The van der Waals surface area contributed by atoms with Crippen LogP contribution in [0.4, 0.5) is 0 Å².